The first-order chi connectivity index (χ1) is 7.77. The Hall–Kier alpha value is -1.08. The maximum absolute atomic E-state index is 3.69. The summed E-state index contributed by atoms with van der Waals surface area (Å²) in [5, 5.41) is 3.69. The molecule has 0 amide bonds. The van der Waals surface area contributed by atoms with Gasteiger partial charge >= 0.3 is 0 Å². The highest BCUT2D eigenvalue weighted by atomic mass is 14.9. The summed E-state index contributed by atoms with van der Waals surface area (Å²) in [6, 6.07) is 9.63. The van der Waals surface area contributed by atoms with E-state index in [0.29, 0.717) is 12.1 Å². The Morgan fingerprint density at radius 1 is 1.31 bits per heavy atom. The van der Waals surface area contributed by atoms with Crippen LogP contribution >= 0.6 is 0 Å². The van der Waals surface area contributed by atoms with Crippen LogP contribution in [0.5, 0.6) is 0 Å². The molecular weight excluding hydrogens is 194 g/mol. The topological polar surface area (TPSA) is 12.0 Å². The van der Waals surface area contributed by atoms with E-state index in [0.717, 1.165) is 0 Å². The third-order valence-electron chi connectivity index (χ3n) is 3.37. The Bertz CT molecular complexity index is 367. The lowest BCUT2D eigenvalue weighted by atomic mass is 9.98. The maximum atomic E-state index is 3.69. The van der Waals surface area contributed by atoms with Crippen LogP contribution < -0.4 is 5.32 Å². The van der Waals surface area contributed by atoms with Crippen molar-refractivity contribution >= 4 is 0 Å². The van der Waals surface area contributed by atoms with Crippen molar-refractivity contribution in [2.24, 2.45) is 0 Å². The second kappa shape index (κ2) is 5.31. The zero-order valence-corrected chi connectivity index (χ0v) is 10.2. The average molecular weight is 215 g/mol. The van der Waals surface area contributed by atoms with E-state index in [2.05, 4.69) is 55.6 Å². The number of allylic oxidation sites excluding steroid dienone is 1. The Balaban J connectivity index is 2.02. The number of aryl methyl sites for hydroxylation is 1. The molecule has 2 unspecified atom stereocenters. The largest absolute Gasteiger partial charge is 0.304 e. The smallest absolute Gasteiger partial charge is 0.0299 e. The molecule has 0 saturated carbocycles. The Labute approximate surface area is 98.6 Å². The minimum Gasteiger partial charge on any atom is -0.304 e. The molecule has 1 nitrogen and oxygen atoms in total. The fraction of sp³-hybridized carbons (Fsp3) is 0.467. The summed E-state index contributed by atoms with van der Waals surface area (Å²) in [7, 11) is 0. The highest BCUT2D eigenvalue weighted by Gasteiger charge is 2.13. The molecule has 0 aliphatic heterocycles. The van der Waals surface area contributed by atoms with Gasteiger partial charge in [0.25, 0.3) is 0 Å². The second-order valence-corrected chi connectivity index (χ2v) is 4.71. The summed E-state index contributed by atoms with van der Waals surface area (Å²) >= 11 is 0. The normalized spacial score (nSPS) is 22.0. The van der Waals surface area contributed by atoms with Gasteiger partial charge in [-0.15, -0.1) is 0 Å². The van der Waals surface area contributed by atoms with E-state index in [1.807, 2.05) is 0 Å². The third kappa shape index (κ3) is 2.73. The van der Waals surface area contributed by atoms with Gasteiger partial charge in [-0.3, -0.25) is 0 Å². The van der Waals surface area contributed by atoms with Crippen LogP contribution in [0.3, 0.4) is 0 Å². The Kier molecular flexibility index (Phi) is 3.79. The first-order valence-electron chi connectivity index (χ1n) is 6.25. The fourth-order valence-electron chi connectivity index (χ4n) is 2.43. The Morgan fingerprint density at radius 2 is 2.12 bits per heavy atom. The van der Waals surface area contributed by atoms with Crippen molar-refractivity contribution in [3.8, 4) is 0 Å². The third-order valence-corrected chi connectivity index (χ3v) is 3.37. The predicted octanol–water partition coefficient (Wildman–Crippen LogP) is 3.75. The van der Waals surface area contributed by atoms with Gasteiger partial charge in [-0.05, 0) is 44.2 Å². The molecule has 2 rings (SSSR count). The minimum atomic E-state index is 0.439. The number of hydrogen-bond acceptors (Lipinski definition) is 1. The van der Waals surface area contributed by atoms with Gasteiger partial charge in [0, 0.05) is 12.1 Å². The van der Waals surface area contributed by atoms with Crippen molar-refractivity contribution in [1.29, 1.82) is 0 Å². The minimum absolute atomic E-state index is 0.439. The molecule has 86 valence electrons. The predicted molar refractivity (Wildman–Crippen MR) is 69.5 cm³/mol. The Morgan fingerprint density at radius 3 is 2.81 bits per heavy atom. The SMILES string of the molecule is Cc1ccccc1C(C)NC1C=CCCC1. The monoisotopic (exact) mass is 215 g/mol. The zero-order chi connectivity index (χ0) is 11.4. The molecule has 1 heteroatoms. The fourth-order valence-corrected chi connectivity index (χ4v) is 2.43. The molecule has 0 radical (unpaired) electrons. The highest BCUT2D eigenvalue weighted by molar-refractivity contribution is 5.28. The molecular formula is C15H21N. The first-order valence-corrected chi connectivity index (χ1v) is 6.25. The number of benzene rings is 1. The van der Waals surface area contributed by atoms with E-state index in [9.17, 15) is 0 Å². The zero-order valence-electron chi connectivity index (χ0n) is 10.2. The van der Waals surface area contributed by atoms with Gasteiger partial charge in [0.05, 0.1) is 0 Å². The molecule has 0 saturated heterocycles. The molecule has 0 heterocycles. The van der Waals surface area contributed by atoms with Gasteiger partial charge < -0.3 is 5.32 Å². The number of rotatable bonds is 3. The van der Waals surface area contributed by atoms with E-state index < -0.39 is 0 Å². The van der Waals surface area contributed by atoms with Crippen LogP contribution in [0.4, 0.5) is 0 Å². The summed E-state index contributed by atoms with van der Waals surface area (Å²) in [6.07, 6.45) is 8.45. The van der Waals surface area contributed by atoms with Gasteiger partial charge in [0.15, 0.2) is 0 Å². The van der Waals surface area contributed by atoms with Gasteiger partial charge in [-0.1, -0.05) is 36.4 Å². The summed E-state index contributed by atoms with van der Waals surface area (Å²) in [4.78, 5) is 0. The molecule has 0 spiro atoms. The van der Waals surface area contributed by atoms with Gasteiger partial charge in [-0.25, -0.2) is 0 Å². The highest BCUT2D eigenvalue weighted by Crippen LogP contribution is 2.19. The van der Waals surface area contributed by atoms with Crippen molar-refractivity contribution in [3.05, 3.63) is 47.5 Å². The molecule has 0 bridgehead atoms. The standard InChI is InChI=1S/C15H21N/c1-12-8-6-7-11-15(12)13(2)16-14-9-4-3-5-10-14/h4,6-9,11,13-14,16H,3,5,10H2,1-2H3. The van der Waals surface area contributed by atoms with E-state index in [1.54, 1.807) is 0 Å². The second-order valence-electron chi connectivity index (χ2n) is 4.71. The van der Waals surface area contributed by atoms with Crippen LogP contribution in [0.15, 0.2) is 36.4 Å². The molecule has 0 fully saturated rings. The van der Waals surface area contributed by atoms with E-state index in [-0.39, 0.29) is 0 Å². The van der Waals surface area contributed by atoms with E-state index >= 15 is 0 Å². The van der Waals surface area contributed by atoms with Crippen molar-refractivity contribution in [1.82, 2.24) is 5.32 Å². The van der Waals surface area contributed by atoms with Gasteiger partial charge in [0.1, 0.15) is 0 Å². The van der Waals surface area contributed by atoms with Crippen LogP contribution in [0.2, 0.25) is 0 Å². The molecule has 1 aliphatic rings. The maximum Gasteiger partial charge on any atom is 0.0299 e. The number of hydrogen-bond donors (Lipinski definition) is 1. The van der Waals surface area contributed by atoms with Crippen molar-refractivity contribution < 1.29 is 0 Å². The van der Waals surface area contributed by atoms with Crippen LogP contribution in [0.1, 0.15) is 43.4 Å². The molecule has 1 N–H and O–H groups in total. The van der Waals surface area contributed by atoms with Crippen LogP contribution in [0.25, 0.3) is 0 Å². The number of nitrogens with one attached hydrogen (secondary N) is 1. The quantitative estimate of drug-likeness (QED) is 0.757. The lowest BCUT2D eigenvalue weighted by molar-refractivity contribution is 0.466. The van der Waals surface area contributed by atoms with Crippen molar-refractivity contribution in [2.45, 2.75) is 45.2 Å². The molecule has 1 aromatic rings. The molecule has 1 aromatic carbocycles. The average Bonchev–Trinajstić information content (AvgIpc) is 2.31. The van der Waals surface area contributed by atoms with Crippen LogP contribution in [0, 0.1) is 6.92 Å². The van der Waals surface area contributed by atoms with Crippen molar-refractivity contribution in [2.75, 3.05) is 0 Å². The summed E-state index contributed by atoms with van der Waals surface area (Å²) in [6.45, 7) is 4.44. The van der Waals surface area contributed by atoms with Crippen LogP contribution in [-0.4, -0.2) is 6.04 Å². The summed E-state index contributed by atoms with van der Waals surface area (Å²) < 4.78 is 0. The molecule has 1 aliphatic carbocycles. The van der Waals surface area contributed by atoms with E-state index in [1.165, 1.54) is 30.4 Å². The molecule has 0 aromatic heterocycles. The molecule has 2 atom stereocenters. The van der Waals surface area contributed by atoms with Crippen LogP contribution in [-0.2, 0) is 0 Å². The van der Waals surface area contributed by atoms with Gasteiger partial charge in [0.2, 0.25) is 0 Å². The lowest BCUT2D eigenvalue weighted by Gasteiger charge is -2.24. The summed E-state index contributed by atoms with van der Waals surface area (Å²) in [5.41, 5.74) is 2.80. The molecule has 16 heavy (non-hydrogen) atoms. The first kappa shape index (κ1) is 11.4. The van der Waals surface area contributed by atoms with Gasteiger partial charge in [-0.2, -0.15) is 0 Å². The van der Waals surface area contributed by atoms with E-state index in [4.69, 9.17) is 0 Å². The lowest BCUT2D eigenvalue weighted by Crippen LogP contribution is -2.31. The van der Waals surface area contributed by atoms with Crippen molar-refractivity contribution in [3.63, 3.8) is 0 Å². The summed E-state index contributed by atoms with van der Waals surface area (Å²) in [5.74, 6) is 0.